The third-order valence-electron chi connectivity index (χ3n) is 3.45. The summed E-state index contributed by atoms with van der Waals surface area (Å²) in [4.78, 5) is 4.43. The zero-order chi connectivity index (χ0) is 16.2. The molecule has 0 aliphatic heterocycles. The van der Waals surface area contributed by atoms with Crippen molar-refractivity contribution in [3.05, 3.63) is 53.9 Å². The van der Waals surface area contributed by atoms with Crippen molar-refractivity contribution in [1.82, 2.24) is 10.1 Å². The molecule has 23 heavy (non-hydrogen) atoms. The van der Waals surface area contributed by atoms with Crippen molar-refractivity contribution in [2.45, 2.75) is 6.42 Å². The summed E-state index contributed by atoms with van der Waals surface area (Å²) in [7, 11) is 3.20. The van der Waals surface area contributed by atoms with Crippen LogP contribution in [-0.2, 0) is 6.42 Å². The van der Waals surface area contributed by atoms with E-state index in [9.17, 15) is 0 Å². The van der Waals surface area contributed by atoms with Crippen molar-refractivity contribution in [3.63, 3.8) is 0 Å². The number of benzene rings is 2. The third-order valence-corrected chi connectivity index (χ3v) is 3.45. The number of aromatic nitrogens is 2. The molecule has 0 spiro atoms. The lowest BCUT2D eigenvalue weighted by Crippen LogP contribution is -1.92. The molecule has 6 heteroatoms. The van der Waals surface area contributed by atoms with Crippen molar-refractivity contribution in [2.75, 3.05) is 20.0 Å². The number of ether oxygens (including phenoxy) is 2. The first-order chi connectivity index (χ1) is 11.2. The van der Waals surface area contributed by atoms with Gasteiger partial charge in [-0.25, -0.2) is 0 Å². The summed E-state index contributed by atoms with van der Waals surface area (Å²) in [6.07, 6.45) is 0.547. The highest BCUT2D eigenvalue weighted by atomic mass is 16.5. The molecule has 0 bridgehead atoms. The molecule has 0 amide bonds. The van der Waals surface area contributed by atoms with Gasteiger partial charge in [-0.3, -0.25) is 0 Å². The lowest BCUT2D eigenvalue weighted by atomic mass is 10.1. The average molecular weight is 311 g/mol. The molecule has 0 radical (unpaired) electrons. The van der Waals surface area contributed by atoms with E-state index in [1.54, 1.807) is 20.3 Å². The molecule has 3 rings (SSSR count). The predicted molar refractivity (Wildman–Crippen MR) is 86.5 cm³/mol. The Labute approximate surface area is 133 Å². The van der Waals surface area contributed by atoms with Crippen molar-refractivity contribution in [2.24, 2.45) is 0 Å². The maximum Gasteiger partial charge on any atom is 0.231 e. The molecule has 2 aromatic carbocycles. The zero-order valence-electron chi connectivity index (χ0n) is 12.9. The summed E-state index contributed by atoms with van der Waals surface area (Å²) in [6, 6.07) is 13.0. The summed E-state index contributed by atoms with van der Waals surface area (Å²) in [5.74, 6) is 2.35. The topological polar surface area (TPSA) is 83.4 Å². The third kappa shape index (κ3) is 3.26. The van der Waals surface area contributed by atoms with Gasteiger partial charge in [0.25, 0.3) is 0 Å². The summed E-state index contributed by atoms with van der Waals surface area (Å²) in [5.41, 5.74) is 8.21. The Morgan fingerprint density at radius 1 is 1.04 bits per heavy atom. The maximum absolute atomic E-state index is 5.68. The minimum atomic E-state index is 0.481. The molecule has 0 saturated carbocycles. The van der Waals surface area contributed by atoms with Crippen LogP contribution in [0.1, 0.15) is 11.5 Å². The fraction of sp³-hybridized carbons (Fsp3) is 0.176. The van der Waals surface area contributed by atoms with Crippen LogP contribution in [0.2, 0.25) is 0 Å². The highest BCUT2D eigenvalue weighted by Crippen LogP contribution is 2.31. The van der Waals surface area contributed by atoms with E-state index in [1.807, 2.05) is 36.4 Å². The lowest BCUT2D eigenvalue weighted by molar-refractivity contribution is 0.383. The van der Waals surface area contributed by atoms with Crippen LogP contribution in [0.25, 0.3) is 11.4 Å². The highest BCUT2D eigenvalue weighted by Gasteiger charge is 2.14. The van der Waals surface area contributed by atoms with Crippen molar-refractivity contribution in [1.29, 1.82) is 0 Å². The van der Waals surface area contributed by atoms with Crippen LogP contribution >= 0.6 is 0 Å². The van der Waals surface area contributed by atoms with Gasteiger partial charge in [-0.1, -0.05) is 17.3 Å². The van der Waals surface area contributed by atoms with E-state index >= 15 is 0 Å². The first-order valence-electron chi connectivity index (χ1n) is 7.09. The average Bonchev–Trinajstić information content (AvgIpc) is 3.04. The summed E-state index contributed by atoms with van der Waals surface area (Å²) < 4.78 is 15.9. The van der Waals surface area contributed by atoms with Gasteiger partial charge in [0.2, 0.25) is 11.7 Å². The standard InChI is InChI=1S/C17H17N3O3/c1-21-13-7-8-14(15(10-13)22-2)17-19-16(23-20-17)9-11-3-5-12(18)6-4-11/h3-8,10H,9,18H2,1-2H3. The SMILES string of the molecule is COc1ccc(-c2noc(Cc3ccc(N)cc3)n2)c(OC)c1. The van der Waals surface area contributed by atoms with Gasteiger partial charge >= 0.3 is 0 Å². The van der Waals surface area contributed by atoms with Crippen LogP contribution in [0.5, 0.6) is 11.5 Å². The molecule has 118 valence electrons. The Bertz CT molecular complexity index is 797. The van der Waals surface area contributed by atoms with E-state index in [0.29, 0.717) is 29.6 Å². The van der Waals surface area contributed by atoms with Crippen LogP contribution in [0.4, 0.5) is 5.69 Å². The molecule has 0 unspecified atom stereocenters. The number of methoxy groups -OCH3 is 2. The molecule has 1 heterocycles. The lowest BCUT2D eigenvalue weighted by Gasteiger charge is -2.07. The molecule has 0 aliphatic rings. The molecule has 1 aromatic heterocycles. The molecule has 0 fully saturated rings. The Balaban J connectivity index is 1.85. The number of rotatable bonds is 5. The summed E-state index contributed by atoms with van der Waals surface area (Å²) in [5, 5.41) is 4.03. The van der Waals surface area contributed by atoms with Crippen LogP contribution < -0.4 is 15.2 Å². The zero-order valence-corrected chi connectivity index (χ0v) is 12.9. The Morgan fingerprint density at radius 3 is 2.52 bits per heavy atom. The Kier molecular flexibility index (Phi) is 4.14. The van der Waals surface area contributed by atoms with E-state index in [-0.39, 0.29) is 0 Å². The van der Waals surface area contributed by atoms with E-state index < -0.39 is 0 Å². The number of nitrogens with zero attached hydrogens (tertiary/aromatic N) is 2. The maximum atomic E-state index is 5.68. The first-order valence-corrected chi connectivity index (χ1v) is 7.09. The van der Waals surface area contributed by atoms with Crippen LogP contribution in [0.15, 0.2) is 47.0 Å². The molecule has 2 N–H and O–H groups in total. The van der Waals surface area contributed by atoms with E-state index in [1.165, 1.54) is 0 Å². The smallest absolute Gasteiger partial charge is 0.231 e. The van der Waals surface area contributed by atoms with E-state index in [4.69, 9.17) is 19.7 Å². The molecular formula is C17H17N3O3. The van der Waals surface area contributed by atoms with Gasteiger partial charge in [0, 0.05) is 11.8 Å². The Hall–Kier alpha value is -3.02. The number of anilines is 1. The van der Waals surface area contributed by atoms with Gasteiger partial charge in [-0.2, -0.15) is 4.98 Å². The molecule has 0 aliphatic carbocycles. The van der Waals surface area contributed by atoms with Crippen LogP contribution in [0, 0.1) is 0 Å². The van der Waals surface area contributed by atoms with Gasteiger partial charge in [0.1, 0.15) is 11.5 Å². The van der Waals surface area contributed by atoms with Crippen molar-refractivity contribution in [3.8, 4) is 22.9 Å². The molecule has 6 nitrogen and oxygen atoms in total. The Morgan fingerprint density at radius 2 is 1.83 bits per heavy atom. The molecule has 0 atom stereocenters. The van der Waals surface area contributed by atoms with Crippen molar-refractivity contribution >= 4 is 5.69 Å². The van der Waals surface area contributed by atoms with Gasteiger partial charge in [0.05, 0.1) is 26.2 Å². The monoisotopic (exact) mass is 311 g/mol. The number of nitrogens with two attached hydrogens (primary N) is 1. The number of hydrogen-bond donors (Lipinski definition) is 1. The van der Waals surface area contributed by atoms with Crippen LogP contribution in [-0.4, -0.2) is 24.4 Å². The molecule has 0 saturated heterocycles. The highest BCUT2D eigenvalue weighted by molar-refractivity contribution is 5.65. The first kappa shape index (κ1) is 14.9. The quantitative estimate of drug-likeness (QED) is 0.729. The summed E-state index contributed by atoms with van der Waals surface area (Å²) >= 11 is 0. The minimum absolute atomic E-state index is 0.481. The van der Waals surface area contributed by atoms with E-state index in [0.717, 1.165) is 16.8 Å². The number of nitrogen functional groups attached to an aromatic ring is 1. The number of hydrogen-bond acceptors (Lipinski definition) is 6. The van der Waals surface area contributed by atoms with Gasteiger partial charge in [-0.15, -0.1) is 0 Å². The minimum Gasteiger partial charge on any atom is -0.497 e. The van der Waals surface area contributed by atoms with Crippen molar-refractivity contribution < 1.29 is 14.0 Å². The molecule has 3 aromatic rings. The fourth-order valence-corrected chi connectivity index (χ4v) is 2.23. The largest absolute Gasteiger partial charge is 0.497 e. The fourth-order valence-electron chi connectivity index (χ4n) is 2.23. The van der Waals surface area contributed by atoms with Crippen LogP contribution in [0.3, 0.4) is 0 Å². The second-order valence-corrected chi connectivity index (χ2v) is 5.00. The second-order valence-electron chi connectivity index (χ2n) is 5.00. The normalized spacial score (nSPS) is 10.5. The van der Waals surface area contributed by atoms with E-state index in [2.05, 4.69) is 10.1 Å². The molecular weight excluding hydrogens is 294 g/mol. The van der Waals surface area contributed by atoms with Gasteiger partial charge in [0.15, 0.2) is 0 Å². The summed E-state index contributed by atoms with van der Waals surface area (Å²) in [6.45, 7) is 0. The predicted octanol–water partition coefficient (Wildman–Crippen LogP) is 2.93. The second kappa shape index (κ2) is 6.39. The van der Waals surface area contributed by atoms with Gasteiger partial charge < -0.3 is 19.7 Å². The van der Waals surface area contributed by atoms with Gasteiger partial charge in [-0.05, 0) is 29.8 Å².